The van der Waals surface area contributed by atoms with Gasteiger partial charge >= 0.3 is 0 Å². The lowest BCUT2D eigenvalue weighted by molar-refractivity contribution is 0.647. The van der Waals surface area contributed by atoms with Crippen LogP contribution in [0.25, 0.3) is 33.2 Å². The first-order valence-corrected chi connectivity index (χ1v) is 18.5. The van der Waals surface area contributed by atoms with Crippen molar-refractivity contribution in [3.63, 3.8) is 0 Å². The molecule has 0 fully saturated rings. The van der Waals surface area contributed by atoms with Crippen LogP contribution >= 0.6 is 0 Å². The molecule has 0 amide bonds. The fraction of sp³-hybridized carbons (Fsp3) is 0.571. The average molecular weight is 593 g/mol. The summed E-state index contributed by atoms with van der Waals surface area (Å²) in [5, 5.41) is 2.71. The molecule has 0 radical (unpaired) electrons. The third-order valence-electron chi connectivity index (χ3n) is 9.55. The van der Waals surface area contributed by atoms with E-state index in [-0.39, 0.29) is 0 Å². The summed E-state index contributed by atoms with van der Waals surface area (Å²) in [6.07, 6.45) is 25.4. The van der Waals surface area contributed by atoms with Crippen molar-refractivity contribution in [1.82, 2.24) is 9.97 Å². The van der Waals surface area contributed by atoms with E-state index in [2.05, 4.69) is 76.2 Å². The first-order valence-electron chi connectivity index (χ1n) is 18.5. The molecule has 0 saturated heterocycles. The van der Waals surface area contributed by atoms with Gasteiger partial charge in [0.25, 0.3) is 0 Å². The third kappa shape index (κ3) is 9.38. The molecule has 0 N–H and O–H groups in total. The molecule has 0 spiro atoms. The number of aromatic nitrogens is 2. The molecule has 2 nitrogen and oxygen atoms in total. The Morgan fingerprint density at radius 1 is 0.432 bits per heavy atom. The highest BCUT2D eigenvalue weighted by Gasteiger charge is 2.21. The lowest BCUT2D eigenvalue weighted by Crippen LogP contribution is -2.08. The fourth-order valence-corrected chi connectivity index (χ4v) is 6.99. The lowest BCUT2D eigenvalue weighted by atomic mass is 9.85. The predicted molar refractivity (Wildman–Crippen MR) is 194 cm³/mol. The number of aryl methyl sites for hydroxylation is 3. The van der Waals surface area contributed by atoms with E-state index in [9.17, 15) is 0 Å². The van der Waals surface area contributed by atoms with Gasteiger partial charge in [0.05, 0.1) is 22.4 Å². The molecule has 238 valence electrons. The molecule has 0 saturated carbocycles. The first kappa shape index (κ1) is 34.1. The normalized spacial score (nSPS) is 11.6. The van der Waals surface area contributed by atoms with Crippen LogP contribution in [-0.4, -0.2) is 9.97 Å². The van der Waals surface area contributed by atoms with Crippen molar-refractivity contribution in [3.05, 3.63) is 70.8 Å². The number of unbranched alkanes of at least 4 members (excludes halogenated alkanes) is 12. The van der Waals surface area contributed by atoms with Gasteiger partial charge in [-0.1, -0.05) is 135 Å². The monoisotopic (exact) mass is 592 g/mol. The minimum Gasteiger partial charge on any atom is -0.246 e. The molecule has 0 aliphatic carbocycles. The van der Waals surface area contributed by atoms with Crippen LogP contribution in [0.5, 0.6) is 0 Å². The van der Waals surface area contributed by atoms with Gasteiger partial charge in [0.15, 0.2) is 0 Å². The van der Waals surface area contributed by atoms with E-state index in [1.807, 2.05) is 0 Å². The number of hydrogen-bond acceptors (Lipinski definition) is 2. The molecule has 4 rings (SSSR count). The highest BCUT2D eigenvalue weighted by molar-refractivity contribution is 5.91. The van der Waals surface area contributed by atoms with Crippen LogP contribution in [0.1, 0.15) is 153 Å². The number of fused-ring (bicyclic) bond motifs is 2. The highest BCUT2D eigenvalue weighted by Crippen LogP contribution is 2.37. The second-order valence-corrected chi connectivity index (χ2v) is 13.1. The Kier molecular flexibility index (Phi) is 14.7. The van der Waals surface area contributed by atoms with E-state index in [4.69, 9.17) is 9.97 Å². The summed E-state index contributed by atoms with van der Waals surface area (Å²) in [7, 11) is 0. The molecule has 4 aromatic rings. The Balaban J connectivity index is 1.90. The Morgan fingerprint density at radius 3 is 1.64 bits per heavy atom. The maximum absolute atomic E-state index is 5.55. The second-order valence-electron chi connectivity index (χ2n) is 13.1. The summed E-state index contributed by atoms with van der Waals surface area (Å²) in [6.45, 7) is 9.27. The van der Waals surface area contributed by atoms with Crippen LogP contribution in [-0.2, 0) is 25.7 Å². The van der Waals surface area contributed by atoms with Crippen molar-refractivity contribution in [2.45, 2.75) is 156 Å². The van der Waals surface area contributed by atoms with Gasteiger partial charge in [-0.05, 0) is 91.8 Å². The van der Waals surface area contributed by atoms with Gasteiger partial charge in [0, 0.05) is 10.8 Å². The lowest BCUT2D eigenvalue weighted by Gasteiger charge is -2.22. The molecule has 0 aliphatic rings. The zero-order valence-electron chi connectivity index (χ0n) is 28.7. The van der Waals surface area contributed by atoms with E-state index in [0.717, 1.165) is 29.7 Å². The van der Waals surface area contributed by atoms with Crippen LogP contribution in [0.3, 0.4) is 0 Å². The van der Waals surface area contributed by atoms with Gasteiger partial charge in [-0.25, -0.2) is 9.97 Å². The molecule has 2 heteroatoms. The molecule has 2 aromatic heterocycles. The van der Waals surface area contributed by atoms with E-state index in [1.54, 1.807) is 16.7 Å². The minimum absolute atomic E-state index is 1.04. The van der Waals surface area contributed by atoms with Crippen LogP contribution in [0.15, 0.2) is 48.5 Å². The smallest absolute Gasteiger partial charge is 0.0928 e. The van der Waals surface area contributed by atoms with Gasteiger partial charge in [-0.2, -0.15) is 0 Å². The van der Waals surface area contributed by atoms with Crippen molar-refractivity contribution in [1.29, 1.82) is 0 Å². The maximum Gasteiger partial charge on any atom is 0.0928 e. The zero-order chi connectivity index (χ0) is 31.0. The van der Waals surface area contributed by atoms with Gasteiger partial charge in [0.1, 0.15) is 0 Å². The number of rotatable bonds is 21. The van der Waals surface area contributed by atoms with Crippen LogP contribution < -0.4 is 0 Å². The Morgan fingerprint density at radius 2 is 1.00 bits per heavy atom. The summed E-state index contributed by atoms with van der Waals surface area (Å²) in [6, 6.07) is 17.8. The maximum atomic E-state index is 5.55. The Bertz CT molecular complexity index is 1420. The number of para-hydroxylation sites is 1. The van der Waals surface area contributed by atoms with Crippen LogP contribution in [0, 0.1) is 0 Å². The molecular weight excluding hydrogens is 532 g/mol. The molecule has 0 unspecified atom stereocenters. The molecule has 0 atom stereocenters. The molecular formula is C42H60N2. The van der Waals surface area contributed by atoms with Gasteiger partial charge in [-0.3, -0.25) is 0 Å². The topological polar surface area (TPSA) is 25.8 Å². The fourth-order valence-electron chi connectivity index (χ4n) is 6.99. The van der Waals surface area contributed by atoms with Crippen LogP contribution in [0.4, 0.5) is 0 Å². The second kappa shape index (κ2) is 18.9. The number of nitrogens with zero attached hydrogens (tertiary/aromatic N) is 2. The van der Waals surface area contributed by atoms with E-state index < -0.39 is 0 Å². The summed E-state index contributed by atoms with van der Waals surface area (Å²) >= 11 is 0. The molecule has 0 bridgehead atoms. The first-order chi connectivity index (χ1) is 21.7. The summed E-state index contributed by atoms with van der Waals surface area (Å²) in [5.74, 6) is 0. The summed E-state index contributed by atoms with van der Waals surface area (Å²) < 4.78 is 0. The van der Waals surface area contributed by atoms with Gasteiger partial charge in [0.2, 0.25) is 0 Å². The largest absolute Gasteiger partial charge is 0.246 e. The molecule has 2 heterocycles. The molecule has 44 heavy (non-hydrogen) atoms. The van der Waals surface area contributed by atoms with Crippen molar-refractivity contribution < 1.29 is 0 Å². The van der Waals surface area contributed by atoms with E-state index >= 15 is 0 Å². The quantitative estimate of drug-likeness (QED) is 0.0899. The highest BCUT2D eigenvalue weighted by atomic mass is 14.8. The summed E-state index contributed by atoms with van der Waals surface area (Å²) in [4.78, 5) is 10.8. The predicted octanol–water partition coefficient (Wildman–Crippen LogP) is 12.9. The average Bonchev–Trinajstić information content (AvgIpc) is 3.05. The third-order valence-corrected chi connectivity index (χ3v) is 9.55. The van der Waals surface area contributed by atoms with Crippen molar-refractivity contribution in [2.24, 2.45) is 0 Å². The molecule has 2 aromatic carbocycles. The number of hydrogen-bond donors (Lipinski definition) is 0. The van der Waals surface area contributed by atoms with Crippen molar-refractivity contribution in [3.8, 4) is 11.4 Å². The zero-order valence-corrected chi connectivity index (χ0v) is 28.7. The van der Waals surface area contributed by atoms with E-state index in [0.29, 0.717) is 0 Å². The Hall–Kier alpha value is -2.74. The SMILES string of the molecule is CCCCCCc1ccc2nc(-c3ccc4ccccc4n3)c(CCCCCC)c(CCCCCC)c2c1CCCCCC. The van der Waals surface area contributed by atoms with Crippen molar-refractivity contribution >= 4 is 21.8 Å². The Labute approximate surface area is 269 Å². The van der Waals surface area contributed by atoms with E-state index in [1.165, 1.54) is 137 Å². The van der Waals surface area contributed by atoms with Gasteiger partial charge < -0.3 is 0 Å². The minimum atomic E-state index is 1.04. The summed E-state index contributed by atoms with van der Waals surface area (Å²) in [5.41, 5.74) is 10.8. The van der Waals surface area contributed by atoms with Gasteiger partial charge in [-0.15, -0.1) is 0 Å². The van der Waals surface area contributed by atoms with Crippen LogP contribution in [0.2, 0.25) is 0 Å². The number of pyridine rings is 2. The number of benzene rings is 2. The van der Waals surface area contributed by atoms with Crippen molar-refractivity contribution in [2.75, 3.05) is 0 Å². The standard InChI is InChI=1S/C42H60N2/c1-5-9-13-17-23-33-29-31-39-41(35(33)25-18-14-10-6-2)36(26-19-15-11-7-3)37(27-20-16-12-8-4)42(44-39)40-32-30-34-24-21-22-28-38(34)43-40/h21-22,24,28-32H,5-20,23,25-27H2,1-4H3. The molecule has 0 aliphatic heterocycles.